The third kappa shape index (κ3) is 3.95. The predicted molar refractivity (Wildman–Crippen MR) is 184 cm³/mol. The van der Waals surface area contributed by atoms with Crippen molar-refractivity contribution in [3.05, 3.63) is 79.4 Å². The van der Waals surface area contributed by atoms with Crippen molar-refractivity contribution in [2.45, 2.75) is 20.4 Å². The van der Waals surface area contributed by atoms with Crippen LogP contribution in [-0.4, -0.2) is 33.0 Å². The Hall–Kier alpha value is -5.72. The Morgan fingerprint density at radius 2 is 1.06 bits per heavy atom. The molecule has 0 saturated carbocycles. The summed E-state index contributed by atoms with van der Waals surface area (Å²) >= 11 is 3.11. The predicted octanol–water partition coefficient (Wildman–Crippen LogP) is 8.97. The average molecular weight is 656 g/mol. The Kier molecular flexibility index (Phi) is 6.99. The van der Waals surface area contributed by atoms with Gasteiger partial charge in [0.15, 0.2) is 23.0 Å². The summed E-state index contributed by atoms with van der Waals surface area (Å²) in [5.74, 6) is 2.40. The van der Waals surface area contributed by atoms with Crippen LogP contribution in [0, 0.1) is 41.7 Å². The minimum absolute atomic E-state index is 0.0114. The highest BCUT2D eigenvalue weighted by atomic mass is 32.1. The van der Waals surface area contributed by atoms with E-state index in [1.165, 1.54) is 0 Å². The van der Waals surface area contributed by atoms with Crippen LogP contribution in [0.4, 0.5) is 0 Å². The first-order chi connectivity index (χ1) is 22.8. The van der Waals surface area contributed by atoms with Crippen LogP contribution in [0.3, 0.4) is 0 Å². The van der Waals surface area contributed by atoms with Gasteiger partial charge in [0.1, 0.15) is 0 Å². The topological polar surface area (TPSA) is 98.1 Å². The molecule has 0 amide bonds. The number of aromatic nitrogens is 1. The number of allylic oxidation sites excluding steroid dienone is 2. The largest absolute Gasteiger partial charge is 0.493 e. The number of benzene rings is 2. The van der Waals surface area contributed by atoms with Crippen LogP contribution in [0.5, 0.6) is 23.0 Å². The number of nitrogens with zero attached hydrogens (tertiary/aromatic N) is 5. The number of hydrogen-bond acceptors (Lipinski definition) is 8. The molecule has 0 atom stereocenters. The Labute approximate surface area is 279 Å². The van der Waals surface area contributed by atoms with Gasteiger partial charge in [-0.1, -0.05) is 13.8 Å². The lowest BCUT2D eigenvalue weighted by Gasteiger charge is -2.14. The van der Waals surface area contributed by atoms with E-state index in [2.05, 4.69) is 40.2 Å². The van der Waals surface area contributed by atoms with Crippen molar-refractivity contribution in [3.63, 3.8) is 0 Å². The lowest BCUT2D eigenvalue weighted by molar-refractivity contribution is 0.355. The second-order valence-corrected chi connectivity index (χ2v) is 13.4. The minimum Gasteiger partial charge on any atom is -0.493 e. The first kappa shape index (κ1) is 30.0. The number of fused-ring (bicyclic) bond motifs is 11. The second kappa shape index (κ2) is 11.0. The fourth-order valence-electron chi connectivity index (χ4n) is 6.75. The van der Waals surface area contributed by atoms with Crippen LogP contribution < -0.4 is 18.9 Å². The molecule has 0 aliphatic heterocycles. The van der Waals surface area contributed by atoms with Crippen molar-refractivity contribution in [3.8, 4) is 57.4 Å². The van der Waals surface area contributed by atoms with Crippen LogP contribution in [0.1, 0.15) is 34.7 Å². The van der Waals surface area contributed by atoms with E-state index in [9.17, 15) is 10.5 Å². The molecule has 0 saturated heterocycles. The zero-order valence-corrected chi connectivity index (χ0v) is 27.9. The quantitative estimate of drug-likeness (QED) is 0.131. The zero-order chi connectivity index (χ0) is 33.3. The van der Waals surface area contributed by atoms with Crippen LogP contribution in [0.15, 0.2) is 35.7 Å². The summed E-state index contributed by atoms with van der Waals surface area (Å²) in [5, 5.41) is 20.1. The summed E-state index contributed by atoms with van der Waals surface area (Å²) in [6.45, 7) is 20.7. The normalized spacial score (nSPS) is 14.4. The number of rotatable bonds is 6. The minimum atomic E-state index is 0.0114. The number of hydrogen-bond donors (Lipinski definition) is 0. The van der Waals surface area contributed by atoms with Crippen molar-refractivity contribution in [2.75, 3.05) is 28.4 Å². The molecule has 3 heterocycles. The molecule has 9 nitrogen and oxygen atoms in total. The second-order valence-electron chi connectivity index (χ2n) is 11.4. The van der Waals surface area contributed by atoms with Crippen molar-refractivity contribution < 1.29 is 18.9 Å². The van der Waals surface area contributed by atoms with Crippen LogP contribution in [0.25, 0.3) is 63.5 Å². The van der Waals surface area contributed by atoms with Gasteiger partial charge in [-0.2, -0.15) is 0 Å². The number of ether oxygens (including phenoxy) is 4. The molecule has 0 bridgehead atoms. The molecule has 2 aliphatic rings. The summed E-state index contributed by atoms with van der Waals surface area (Å²) in [6, 6.07) is 11.8. The third-order valence-electron chi connectivity index (χ3n) is 8.55. The molecule has 3 aromatic heterocycles. The molecular formula is C36H25N5O4S2. The van der Waals surface area contributed by atoms with Gasteiger partial charge < -0.3 is 23.5 Å². The van der Waals surface area contributed by atoms with Crippen LogP contribution in [0.2, 0.25) is 0 Å². The van der Waals surface area contributed by atoms with Gasteiger partial charge in [-0.05, 0) is 52.4 Å². The molecule has 0 unspecified atom stereocenters. The summed E-state index contributed by atoms with van der Waals surface area (Å²) in [7, 11) is 6.31. The van der Waals surface area contributed by atoms with Crippen molar-refractivity contribution in [2.24, 2.45) is 5.92 Å². The standard InChI is InChI=1S/C36H25N5O4S2/c1-16(2)15-41-31-29-19-11-25(44-7)23(42-5)9-17(19)27(21(13-37)39-3)33(29)46-35(31)36-32(41)30-20-12-26(45-8)24(43-6)10-18(20)28(34(30)47-36)22(14-38)40-4/h9-12,16H,15H2,1-2,5-8H3/b27-21-,28-22+. The molecule has 7 rings (SSSR count). The van der Waals surface area contributed by atoms with Crippen LogP contribution in [-0.2, 0) is 6.54 Å². The maximum absolute atomic E-state index is 10.1. The highest BCUT2D eigenvalue weighted by molar-refractivity contribution is 7.29. The number of thiophene rings is 2. The molecular weight excluding hydrogens is 631 g/mol. The smallest absolute Gasteiger partial charge is 0.271 e. The molecule has 230 valence electrons. The fourth-order valence-corrected chi connectivity index (χ4v) is 9.64. The molecule has 0 radical (unpaired) electrons. The Bertz CT molecular complexity index is 2270. The number of nitriles is 2. The van der Waals surface area contributed by atoms with Gasteiger partial charge in [0.25, 0.3) is 11.4 Å². The average Bonchev–Trinajstić information content (AvgIpc) is 3.85. The van der Waals surface area contributed by atoms with Gasteiger partial charge in [0, 0.05) is 38.6 Å². The lowest BCUT2D eigenvalue weighted by atomic mass is 10.0. The van der Waals surface area contributed by atoms with Crippen molar-refractivity contribution in [1.82, 2.24) is 4.57 Å². The summed E-state index contributed by atoms with van der Waals surface area (Å²) in [5.41, 5.74) is 8.38. The first-order valence-electron chi connectivity index (χ1n) is 14.5. The summed E-state index contributed by atoms with van der Waals surface area (Å²) in [6.07, 6.45) is 0. The molecule has 5 aromatic rings. The van der Waals surface area contributed by atoms with Gasteiger partial charge >= 0.3 is 0 Å². The number of methoxy groups -OCH3 is 4. The van der Waals surface area contributed by atoms with Crippen molar-refractivity contribution >= 4 is 54.3 Å². The van der Waals surface area contributed by atoms with Gasteiger partial charge in [-0.3, -0.25) is 0 Å². The highest BCUT2D eigenvalue weighted by Gasteiger charge is 2.39. The molecule has 2 aromatic carbocycles. The molecule has 0 spiro atoms. The molecule has 0 fully saturated rings. The van der Waals surface area contributed by atoms with E-state index < -0.39 is 0 Å². The fraction of sp³-hybridized carbons (Fsp3) is 0.222. The molecule has 11 heteroatoms. The van der Waals surface area contributed by atoms with Gasteiger partial charge in [-0.15, -0.1) is 22.7 Å². The van der Waals surface area contributed by atoms with E-state index in [0.29, 0.717) is 40.7 Å². The SMILES string of the molecule is [C-]#[N+]/C(C#N)=C1/c2cc(OC)c(OC)cc2-c2c1sc1c3sc4c(c3n(CC(C)C)c21)-c1cc(OC)c(OC)cc1/C4=C(/C#N)[N+]#[C-]. The maximum atomic E-state index is 10.1. The summed E-state index contributed by atoms with van der Waals surface area (Å²) in [4.78, 5) is 8.96. The zero-order valence-electron chi connectivity index (χ0n) is 26.3. The van der Waals surface area contributed by atoms with Gasteiger partial charge in [0.05, 0.1) is 74.2 Å². The Balaban J connectivity index is 1.68. The lowest BCUT2D eigenvalue weighted by Crippen LogP contribution is -2.04. The molecule has 47 heavy (non-hydrogen) atoms. The summed E-state index contributed by atoms with van der Waals surface area (Å²) < 4.78 is 27.0. The molecule has 0 N–H and O–H groups in total. The van der Waals surface area contributed by atoms with E-state index in [-0.39, 0.29) is 17.3 Å². The van der Waals surface area contributed by atoms with E-state index in [0.717, 1.165) is 63.6 Å². The van der Waals surface area contributed by atoms with Gasteiger partial charge in [-0.25, -0.2) is 20.2 Å². The molecule has 2 aliphatic carbocycles. The van der Waals surface area contributed by atoms with Crippen LogP contribution >= 0.6 is 22.7 Å². The maximum Gasteiger partial charge on any atom is 0.271 e. The van der Waals surface area contributed by atoms with Crippen molar-refractivity contribution in [1.29, 1.82) is 10.5 Å². The van der Waals surface area contributed by atoms with Gasteiger partial charge in [0.2, 0.25) is 0 Å². The Morgan fingerprint density at radius 3 is 1.36 bits per heavy atom. The van der Waals surface area contributed by atoms with E-state index in [4.69, 9.17) is 32.1 Å². The highest BCUT2D eigenvalue weighted by Crippen LogP contribution is 2.62. The first-order valence-corrected chi connectivity index (χ1v) is 16.1. The Morgan fingerprint density at radius 1 is 0.702 bits per heavy atom. The van der Waals surface area contributed by atoms with E-state index in [1.54, 1.807) is 51.1 Å². The van der Waals surface area contributed by atoms with E-state index in [1.807, 2.05) is 24.3 Å². The van der Waals surface area contributed by atoms with E-state index >= 15 is 0 Å². The third-order valence-corrected chi connectivity index (χ3v) is 11.1. The monoisotopic (exact) mass is 655 g/mol.